The maximum atomic E-state index is 5.46. The van der Waals surface area contributed by atoms with Gasteiger partial charge in [-0.2, -0.15) is 5.10 Å². The lowest BCUT2D eigenvalue weighted by Gasteiger charge is -2.24. The molecule has 2 unspecified atom stereocenters. The van der Waals surface area contributed by atoms with E-state index < -0.39 is 0 Å². The van der Waals surface area contributed by atoms with Crippen molar-refractivity contribution in [1.82, 2.24) is 15.1 Å². The fourth-order valence-corrected chi connectivity index (χ4v) is 2.09. The van der Waals surface area contributed by atoms with Crippen molar-refractivity contribution in [1.29, 1.82) is 0 Å². The van der Waals surface area contributed by atoms with Gasteiger partial charge in [0.05, 0.1) is 13.2 Å². The summed E-state index contributed by atoms with van der Waals surface area (Å²) in [5.41, 5.74) is 0. The molecule has 1 aromatic rings. The van der Waals surface area contributed by atoms with Crippen LogP contribution in [0.5, 0.6) is 0 Å². The molecule has 90 valence electrons. The van der Waals surface area contributed by atoms with Gasteiger partial charge in [-0.25, -0.2) is 0 Å². The number of nitrogens with zero attached hydrogens (tertiary/aromatic N) is 2. The van der Waals surface area contributed by atoms with Crippen molar-refractivity contribution in [2.24, 2.45) is 5.92 Å². The minimum absolute atomic E-state index is 0.460. The third kappa shape index (κ3) is 3.61. The van der Waals surface area contributed by atoms with Gasteiger partial charge in [-0.3, -0.25) is 4.68 Å². The van der Waals surface area contributed by atoms with Crippen LogP contribution in [-0.4, -0.2) is 35.6 Å². The molecule has 4 nitrogen and oxygen atoms in total. The predicted octanol–water partition coefficient (Wildman–Crippen LogP) is 1.29. The summed E-state index contributed by atoms with van der Waals surface area (Å²) in [4.78, 5) is 0. The molecule has 0 saturated carbocycles. The minimum atomic E-state index is 0.460. The molecule has 1 aromatic heterocycles. The first kappa shape index (κ1) is 11.6. The van der Waals surface area contributed by atoms with Gasteiger partial charge in [0.25, 0.3) is 0 Å². The van der Waals surface area contributed by atoms with Gasteiger partial charge in [-0.15, -0.1) is 0 Å². The molecule has 2 rings (SSSR count). The molecule has 0 amide bonds. The fraction of sp³-hybridized carbons (Fsp3) is 0.750. The Morgan fingerprint density at radius 1 is 1.62 bits per heavy atom. The SMILES string of the molecule is CC(Cn1cccn1)NCC1CCCOC1. The molecule has 0 aliphatic carbocycles. The van der Waals surface area contributed by atoms with Crippen molar-refractivity contribution >= 4 is 0 Å². The summed E-state index contributed by atoms with van der Waals surface area (Å²) in [6.07, 6.45) is 6.32. The van der Waals surface area contributed by atoms with Crippen molar-refractivity contribution in [3.8, 4) is 0 Å². The van der Waals surface area contributed by atoms with Gasteiger partial charge in [0, 0.05) is 31.6 Å². The minimum Gasteiger partial charge on any atom is -0.381 e. The second-order valence-electron chi connectivity index (χ2n) is 4.62. The van der Waals surface area contributed by atoms with Gasteiger partial charge < -0.3 is 10.1 Å². The molecule has 1 aliphatic rings. The van der Waals surface area contributed by atoms with Crippen molar-refractivity contribution in [2.45, 2.75) is 32.4 Å². The van der Waals surface area contributed by atoms with Gasteiger partial charge in [0.15, 0.2) is 0 Å². The van der Waals surface area contributed by atoms with Crippen LogP contribution in [0.15, 0.2) is 18.5 Å². The first-order valence-electron chi connectivity index (χ1n) is 6.13. The van der Waals surface area contributed by atoms with Crippen LogP contribution in [0.2, 0.25) is 0 Å². The van der Waals surface area contributed by atoms with E-state index in [1.807, 2.05) is 23.1 Å². The van der Waals surface area contributed by atoms with Crippen LogP contribution in [0.3, 0.4) is 0 Å². The average molecular weight is 223 g/mol. The van der Waals surface area contributed by atoms with E-state index in [-0.39, 0.29) is 0 Å². The van der Waals surface area contributed by atoms with E-state index in [1.54, 1.807) is 0 Å². The summed E-state index contributed by atoms with van der Waals surface area (Å²) in [6, 6.07) is 2.42. The zero-order chi connectivity index (χ0) is 11.2. The van der Waals surface area contributed by atoms with Crippen LogP contribution in [-0.2, 0) is 11.3 Å². The van der Waals surface area contributed by atoms with Crippen LogP contribution in [0.25, 0.3) is 0 Å². The normalized spacial score (nSPS) is 23.2. The van der Waals surface area contributed by atoms with Crippen LogP contribution in [0.4, 0.5) is 0 Å². The highest BCUT2D eigenvalue weighted by Crippen LogP contribution is 2.12. The van der Waals surface area contributed by atoms with Crippen molar-refractivity contribution in [3.05, 3.63) is 18.5 Å². The zero-order valence-corrected chi connectivity index (χ0v) is 9.93. The lowest BCUT2D eigenvalue weighted by Crippen LogP contribution is -2.36. The van der Waals surface area contributed by atoms with E-state index in [4.69, 9.17) is 4.74 Å². The second-order valence-corrected chi connectivity index (χ2v) is 4.62. The summed E-state index contributed by atoms with van der Waals surface area (Å²) < 4.78 is 7.43. The first-order chi connectivity index (χ1) is 7.84. The van der Waals surface area contributed by atoms with Crippen molar-refractivity contribution in [3.63, 3.8) is 0 Å². The number of hydrogen-bond donors (Lipinski definition) is 1. The Morgan fingerprint density at radius 3 is 3.25 bits per heavy atom. The van der Waals surface area contributed by atoms with Gasteiger partial charge >= 0.3 is 0 Å². The molecule has 2 heterocycles. The number of ether oxygens (including phenoxy) is 1. The van der Waals surface area contributed by atoms with Gasteiger partial charge in [-0.1, -0.05) is 0 Å². The van der Waals surface area contributed by atoms with Crippen LogP contribution in [0.1, 0.15) is 19.8 Å². The smallest absolute Gasteiger partial charge is 0.0559 e. The monoisotopic (exact) mass is 223 g/mol. The molecule has 0 bridgehead atoms. The highest BCUT2D eigenvalue weighted by molar-refractivity contribution is 4.79. The Kier molecular flexibility index (Phi) is 4.36. The Balaban J connectivity index is 1.65. The third-order valence-electron chi connectivity index (χ3n) is 3.03. The Bertz CT molecular complexity index is 280. The molecule has 16 heavy (non-hydrogen) atoms. The molecule has 2 atom stereocenters. The largest absolute Gasteiger partial charge is 0.381 e. The molecule has 0 spiro atoms. The Hall–Kier alpha value is -0.870. The Morgan fingerprint density at radius 2 is 2.56 bits per heavy atom. The van der Waals surface area contributed by atoms with Gasteiger partial charge in [0.2, 0.25) is 0 Å². The molecular weight excluding hydrogens is 202 g/mol. The first-order valence-corrected chi connectivity index (χ1v) is 6.13. The van der Waals surface area contributed by atoms with E-state index in [1.165, 1.54) is 12.8 Å². The maximum Gasteiger partial charge on any atom is 0.0559 e. The molecular formula is C12H21N3O. The molecule has 1 fully saturated rings. The lowest BCUT2D eigenvalue weighted by atomic mass is 10.0. The van der Waals surface area contributed by atoms with Gasteiger partial charge in [-0.05, 0) is 31.7 Å². The summed E-state index contributed by atoms with van der Waals surface area (Å²) in [6.45, 7) is 6.05. The average Bonchev–Trinajstić information content (AvgIpc) is 2.81. The maximum absolute atomic E-state index is 5.46. The molecule has 0 radical (unpaired) electrons. The van der Waals surface area contributed by atoms with Gasteiger partial charge in [0.1, 0.15) is 0 Å². The van der Waals surface area contributed by atoms with E-state index in [0.717, 1.165) is 26.3 Å². The molecule has 1 N–H and O–H groups in total. The highest BCUT2D eigenvalue weighted by Gasteiger charge is 2.14. The Labute approximate surface area is 97.0 Å². The number of aromatic nitrogens is 2. The lowest BCUT2D eigenvalue weighted by molar-refractivity contribution is 0.0538. The molecule has 1 saturated heterocycles. The van der Waals surface area contributed by atoms with E-state index in [2.05, 4.69) is 17.3 Å². The third-order valence-corrected chi connectivity index (χ3v) is 3.03. The van der Waals surface area contributed by atoms with Crippen LogP contribution < -0.4 is 5.32 Å². The van der Waals surface area contributed by atoms with Crippen molar-refractivity contribution in [2.75, 3.05) is 19.8 Å². The van der Waals surface area contributed by atoms with E-state index >= 15 is 0 Å². The summed E-state index contributed by atoms with van der Waals surface area (Å²) in [7, 11) is 0. The quantitative estimate of drug-likeness (QED) is 0.817. The topological polar surface area (TPSA) is 39.1 Å². The number of hydrogen-bond acceptors (Lipinski definition) is 3. The number of rotatable bonds is 5. The fourth-order valence-electron chi connectivity index (χ4n) is 2.09. The van der Waals surface area contributed by atoms with Crippen LogP contribution >= 0.6 is 0 Å². The zero-order valence-electron chi connectivity index (χ0n) is 9.93. The second kappa shape index (κ2) is 6.01. The van der Waals surface area contributed by atoms with Crippen LogP contribution in [0, 0.1) is 5.92 Å². The van der Waals surface area contributed by atoms with Crippen molar-refractivity contribution < 1.29 is 4.74 Å². The van der Waals surface area contributed by atoms with E-state index in [0.29, 0.717) is 12.0 Å². The standard InChI is InChI=1S/C12H21N3O/c1-11(9-15-6-3-5-14-15)13-8-12-4-2-7-16-10-12/h3,5-6,11-13H,2,4,7-10H2,1H3. The summed E-state index contributed by atoms with van der Waals surface area (Å²) in [5.74, 6) is 0.689. The predicted molar refractivity (Wildman–Crippen MR) is 63.2 cm³/mol. The highest BCUT2D eigenvalue weighted by atomic mass is 16.5. The summed E-state index contributed by atoms with van der Waals surface area (Å²) >= 11 is 0. The molecule has 0 aromatic carbocycles. The number of nitrogens with one attached hydrogen (secondary N) is 1. The summed E-state index contributed by atoms with van der Waals surface area (Å²) in [5, 5.41) is 7.75. The van der Waals surface area contributed by atoms with E-state index in [9.17, 15) is 0 Å². The molecule has 1 aliphatic heterocycles. The molecule has 4 heteroatoms.